The van der Waals surface area contributed by atoms with Crippen LogP contribution in [0.5, 0.6) is 0 Å². The van der Waals surface area contributed by atoms with Crippen LogP contribution in [-0.2, 0) is 13.1 Å². The number of nitrogens with one attached hydrogen (secondary N) is 1. The molecule has 0 bridgehead atoms. The van der Waals surface area contributed by atoms with Gasteiger partial charge in [-0.05, 0) is 29.8 Å². The zero-order chi connectivity index (χ0) is 21.1. The van der Waals surface area contributed by atoms with E-state index in [9.17, 15) is 14.0 Å². The molecule has 1 amide bonds. The smallest absolute Gasteiger partial charge is 0.264 e. The van der Waals surface area contributed by atoms with Crippen LogP contribution < -0.4 is 10.9 Å². The van der Waals surface area contributed by atoms with Gasteiger partial charge >= 0.3 is 0 Å². The molecular formula is C21H17BrFN5O2. The van der Waals surface area contributed by atoms with Crippen molar-refractivity contribution >= 4 is 32.9 Å². The Bertz CT molecular complexity index is 1270. The quantitative estimate of drug-likeness (QED) is 0.470. The van der Waals surface area contributed by atoms with Gasteiger partial charge in [-0.25, -0.2) is 14.1 Å². The number of nitrogens with zero attached hydrogens (tertiary/aromatic N) is 4. The fraction of sp³-hybridized carbons (Fsp3) is 0.143. The van der Waals surface area contributed by atoms with Crippen LogP contribution in [0.2, 0.25) is 0 Å². The molecule has 0 saturated carbocycles. The molecule has 0 fully saturated rings. The fourth-order valence-electron chi connectivity index (χ4n) is 3.08. The number of fused-ring (bicyclic) bond motifs is 1. The SMILES string of the molecule is O=C(NCCn1ncc2c(=O)n(Cc3ccc(Br)cc3)cnc21)c1ccccc1F. The van der Waals surface area contributed by atoms with Gasteiger partial charge in [-0.15, -0.1) is 0 Å². The highest BCUT2D eigenvalue weighted by molar-refractivity contribution is 9.10. The van der Waals surface area contributed by atoms with Crippen LogP contribution in [0.25, 0.3) is 11.0 Å². The number of benzene rings is 2. The van der Waals surface area contributed by atoms with Gasteiger partial charge in [-0.2, -0.15) is 5.10 Å². The van der Waals surface area contributed by atoms with Crippen molar-refractivity contribution in [2.75, 3.05) is 6.54 Å². The standard InChI is InChI=1S/C21H17BrFN5O2/c22-15-7-5-14(6-8-15)12-27-13-25-19-17(21(27)30)11-26-28(19)10-9-24-20(29)16-3-1-2-4-18(16)23/h1-8,11,13H,9-10,12H2,(H,24,29). The molecule has 2 heterocycles. The fourth-order valence-corrected chi connectivity index (χ4v) is 3.34. The Balaban J connectivity index is 1.46. The summed E-state index contributed by atoms with van der Waals surface area (Å²) in [6.07, 6.45) is 2.96. The lowest BCUT2D eigenvalue weighted by Crippen LogP contribution is -2.28. The van der Waals surface area contributed by atoms with Crippen molar-refractivity contribution in [2.45, 2.75) is 13.1 Å². The van der Waals surface area contributed by atoms with Gasteiger partial charge in [0, 0.05) is 11.0 Å². The monoisotopic (exact) mass is 469 g/mol. The van der Waals surface area contributed by atoms with Crippen molar-refractivity contribution in [1.82, 2.24) is 24.6 Å². The van der Waals surface area contributed by atoms with E-state index in [2.05, 4.69) is 31.3 Å². The second kappa shape index (κ2) is 8.58. The molecule has 2 aromatic heterocycles. The minimum atomic E-state index is -0.576. The molecule has 152 valence electrons. The molecule has 0 saturated heterocycles. The van der Waals surface area contributed by atoms with Gasteiger partial charge in [0.05, 0.1) is 24.8 Å². The summed E-state index contributed by atoms with van der Waals surface area (Å²) in [5.41, 5.74) is 1.21. The minimum absolute atomic E-state index is 0.0169. The predicted octanol–water partition coefficient (Wildman–Crippen LogP) is 2.97. The Morgan fingerprint density at radius 3 is 2.67 bits per heavy atom. The van der Waals surface area contributed by atoms with Crippen LogP contribution in [0.15, 0.2) is 70.3 Å². The molecule has 2 aromatic carbocycles. The maximum Gasteiger partial charge on any atom is 0.264 e. The Kier molecular flexibility index (Phi) is 5.71. The topological polar surface area (TPSA) is 81.8 Å². The summed E-state index contributed by atoms with van der Waals surface area (Å²) >= 11 is 3.39. The largest absolute Gasteiger partial charge is 0.350 e. The molecule has 30 heavy (non-hydrogen) atoms. The third-order valence-electron chi connectivity index (χ3n) is 4.62. The summed E-state index contributed by atoms with van der Waals surface area (Å²) in [5, 5.41) is 7.26. The second-order valence-corrected chi connectivity index (χ2v) is 7.56. The molecule has 0 unspecified atom stereocenters. The summed E-state index contributed by atoms with van der Waals surface area (Å²) in [4.78, 5) is 29.2. The van der Waals surface area contributed by atoms with Crippen molar-refractivity contribution < 1.29 is 9.18 Å². The lowest BCUT2D eigenvalue weighted by Gasteiger charge is -2.08. The van der Waals surface area contributed by atoms with E-state index in [0.717, 1.165) is 10.0 Å². The lowest BCUT2D eigenvalue weighted by atomic mass is 10.2. The summed E-state index contributed by atoms with van der Waals surface area (Å²) in [6, 6.07) is 13.5. The van der Waals surface area contributed by atoms with Gasteiger partial charge in [0.25, 0.3) is 11.5 Å². The van der Waals surface area contributed by atoms with Crippen LogP contribution in [0.1, 0.15) is 15.9 Å². The van der Waals surface area contributed by atoms with E-state index in [4.69, 9.17) is 0 Å². The summed E-state index contributed by atoms with van der Waals surface area (Å²) in [7, 11) is 0. The van der Waals surface area contributed by atoms with Gasteiger partial charge in [0.15, 0.2) is 5.65 Å². The van der Waals surface area contributed by atoms with Crippen LogP contribution >= 0.6 is 15.9 Å². The number of carbonyl (C=O) groups is 1. The first-order valence-corrected chi connectivity index (χ1v) is 10.0. The Hall–Kier alpha value is -3.33. The van der Waals surface area contributed by atoms with Crippen molar-refractivity contribution in [3.63, 3.8) is 0 Å². The molecule has 0 radical (unpaired) electrons. The van der Waals surface area contributed by atoms with Gasteiger partial charge in [-0.1, -0.05) is 40.2 Å². The summed E-state index contributed by atoms with van der Waals surface area (Å²) in [5.74, 6) is -1.08. The van der Waals surface area contributed by atoms with E-state index in [1.54, 1.807) is 10.7 Å². The van der Waals surface area contributed by atoms with Crippen molar-refractivity contribution in [2.24, 2.45) is 0 Å². The molecule has 4 rings (SSSR count). The molecule has 0 atom stereocenters. The third-order valence-corrected chi connectivity index (χ3v) is 5.14. The average molecular weight is 470 g/mol. The first kappa shape index (κ1) is 20.0. The Morgan fingerprint density at radius 1 is 1.13 bits per heavy atom. The van der Waals surface area contributed by atoms with E-state index in [0.29, 0.717) is 24.1 Å². The zero-order valence-electron chi connectivity index (χ0n) is 15.8. The Labute approximate surface area is 179 Å². The maximum atomic E-state index is 13.7. The van der Waals surface area contributed by atoms with E-state index < -0.39 is 11.7 Å². The summed E-state index contributed by atoms with van der Waals surface area (Å²) in [6.45, 7) is 0.916. The van der Waals surface area contributed by atoms with Gasteiger partial charge < -0.3 is 5.32 Å². The molecule has 4 aromatic rings. The van der Waals surface area contributed by atoms with Crippen LogP contribution in [-0.4, -0.2) is 31.8 Å². The number of halogens is 2. The number of amides is 1. The Morgan fingerprint density at radius 2 is 1.90 bits per heavy atom. The molecule has 9 heteroatoms. The number of aromatic nitrogens is 4. The van der Waals surface area contributed by atoms with Gasteiger partial charge in [0.1, 0.15) is 17.5 Å². The number of hydrogen-bond donors (Lipinski definition) is 1. The van der Waals surface area contributed by atoms with E-state index in [1.165, 1.54) is 35.3 Å². The molecule has 0 aliphatic carbocycles. The molecule has 0 spiro atoms. The molecular weight excluding hydrogens is 453 g/mol. The number of carbonyl (C=O) groups excluding carboxylic acids is 1. The van der Waals surface area contributed by atoms with Crippen LogP contribution in [0, 0.1) is 5.82 Å². The first-order chi connectivity index (χ1) is 14.5. The van der Waals surface area contributed by atoms with E-state index in [1.807, 2.05) is 24.3 Å². The molecule has 0 aliphatic heterocycles. The number of hydrogen-bond acceptors (Lipinski definition) is 4. The van der Waals surface area contributed by atoms with Crippen LogP contribution in [0.4, 0.5) is 4.39 Å². The van der Waals surface area contributed by atoms with Crippen molar-refractivity contribution in [3.8, 4) is 0 Å². The van der Waals surface area contributed by atoms with Gasteiger partial charge in [-0.3, -0.25) is 14.2 Å². The minimum Gasteiger partial charge on any atom is -0.350 e. The summed E-state index contributed by atoms with van der Waals surface area (Å²) < 4.78 is 17.7. The highest BCUT2D eigenvalue weighted by Crippen LogP contribution is 2.12. The highest BCUT2D eigenvalue weighted by Gasteiger charge is 2.12. The molecule has 0 aliphatic rings. The molecule has 7 nitrogen and oxygen atoms in total. The third kappa shape index (κ3) is 4.16. The van der Waals surface area contributed by atoms with Crippen LogP contribution in [0.3, 0.4) is 0 Å². The van der Waals surface area contributed by atoms with E-state index in [-0.39, 0.29) is 17.7 Å². The van der Waals surface area contributed by atoms with Crippen molar-refractivity contribution in [3.05, 3.63) is 92.8 Å². The maximum absolute atomic E-state index is 13.7. The first-order valence-electron chi connectivity index (χ1n) is 9.21. The molecule has 1 N–H and O–H groups in total. The van der Waals surface area contributed by atoms with E-state index >= 15 is 0 Å². The normalized spacial score (nSPS) is 11.0. The van der Waals surface area contributed by atoms with Gasteiger partial charge in [0.2, 0.25) is 0 Å². The number of rotatable bonds is 6. The average Bonchev–Trinajstić information content (AvgIpc) is 3.15. The zero-order valence-corrected chi connectivity index (χ0v) is 17.3. The second-order valence-electron chi connectivity index (χ2n) is 6.64. The van der Waals surface area contributed by atoms with Crippen molar-refractivity contribution in [1.29, 1.82) is 0 Å². The lowest BCUT2D eigenvalue weighted by molar-refractivity contribution is 0.0948. The highest BCUT2D eigenvalue weighted by atomic mass is 79.9. The predicted molar refractivity (Wildman–Crippen MR) is 114 cm³/mol.